The van der Waals surface area contributed by atoms with Crippen LogP contribution in [0, 0.1) is 0 Å². The van der Waals surface area contributed by atoms with E-state index in [1.165, 1.54) is 0 Å². The Morgan fingerprint density at radius 1 is 1.38 bits per heavy atom. The van der Waals surface area contributed by atoms with Crippen molar-refractivity contribution < 1.29 is 9.47 Å². The lowest BCUT2D eigenvalue weighted by molar-refractivity contribution is 0.309. The molecule has 2 N–H and O–H groups in total. The standard InChI is InChI=1S/C17H22BrN5O3/c1-6-26-13-11(18)7-10(8-12(13)25-5)9-19-22-15-14(17(2,3)4)21-23-16(24)20-15/h7-9H,6H2,1-5H3,(H2,20,22,23,24)/b19-9+. The van der Waals surface area contributed by atoms with E-state index in [4.69, 9.17) is 9.47 Å². The summed E-state index contributed by atoms with van der Waals surface area (Å²) in [7, 11) is 1.57. The first kappa shape index (κ1) is 19.9. The van der Waals surface area contributed by atoms with E-state index in [1.807, 2.05) is 33.8 Å². The van der Waals surface area contributed by atoms with E-state index in [-0.39, 0.29) is 5.41 Å². The maximum absolute atomic E-state index is 11.5. The zero-order chi connectivity index (χ0) is 19.3. The van der Waals surface area contributed by atoms with Gasteiger partial charge in [-0.15, -0.1) is 0 Å². The first-order valence-electron chi connectivity index (χ1n) is 8.02. The minimum absolute atomic E-state index is 0.305. The van der Waals surface area contributed by atoms with Crippen molar-refractivity contribution in [1.82, 2.24) is 15.2 Å². The Bertz CT molecular complexity index is 858. The second kappa shape index (κ2) is 8.31. The summed E-state index contributed by atoms with van der Waals surface area (Å²) in [5, 5.41) is 10.6. The Labute approximate surface area is 160 Å². The molecular formula is C17H22BrN5O3. The largest absolute Gasteiger partial charge is 0.493 e. The lowest BCUT2D eigenvalue weighted by atomic mass is 9.92. The molecule has 1 heterocycles. The van der Waals surface area contributed by atoms with Crippen molar-refractivity contribution in [1.29, 1.82) is 0 Å². The molecule has 0 bridgehead atoms. The fourth-order valence-electron chi connectivity index (χ4n) is 2.20. The number of halogens is 1. The molecule has 0 aliphatic carbocycles. The van der Waals surface area contributed by atoms with Crippen LogP contribution in [0.25, 0.3) is 0 Å². The zero-order valence-electron chi connectivity index (χ0n) is 15.4. The number of hydrogen-bond acceptors (Lipinski definition) is 7. The summed E-state index contributed by atoms with van der Waals surface area (Å²) >= 11 is 3.47. The summed E-state index contributed by atoms with van der Waals surface area (Å²) in [5.41, 5.74) is 3.34. The van der Waals surface area contributed by atoms with Gasteiger partial charge in [-0.25, -0.2) is 9.89 Å². The smallest absolute Gasteiger partial charge is 0.363 e. The van der Waals surface area contributed by atoms with Crippen LogP contribution in [0.2, 0.25) is 0 Å². The molecule has 2 aromatic rings. The molecule has 1 aromatic heterocycles. The normalized spacial score (nSPS) is 11.6. The van der Waals surface area contributed by atoms with Gasteiger partial charge in [0.1, 0.15) is 5.69 Å². The van der Waals surface area contributed by atoms with Crippen LogP contribution in [0.5, 0.6) is 11.5 Å². The van der Waals surface area contributed by atoms with Gasteiger partial charge in [0.05, 0.1) is 24.4 Å². The van der Waals surface area contributed by atoms with E-state index in [9.17, 15) is 4.79 Å². The van der Waals surface area contributed by atoms with E-state index >= 15 is 0 Å². The average molecular weight is 424 g/mol. The van der Waals surface area contributed by atoms with Crippen molar-refractivity contribution in [3.8, 4) is 11.5 Å². The third kappa shape index (κ3) is 4.81. The van der Waals surface area contributed by atoms with Crippen LogP contribution in [-0.4, -0.2) is 35.1 Å². The Hall–Kier alpha value is -2.42. The lowest BCUT2D eigenvalue weighted by Crippen LogP contribution is -2.24. The first-order valence-corrected chi connectivity index (χ1v) is 8.82. The molecule has 140 valence electrons. The number of rotatable bonds is 6. The predicted octanol–water partition coefficient (Wildman–Crippen LogP) is 3.08. The van der Waals surface area contributed by atoms with Crippen LogP contribution in [0.15, 0.2) is 26.5 Å². The topological polar surface area (TPSA) is 101 Å². The number of hydrazone groups is 1. The summed E-state index contributed by atoms with van der Waals surface area (Å²) in [6.07, 6.45) is 1.60. The number of H-pyrrole nitrogens is 1. The highest BCUT2D eigenvalue weighted by molar-refractivity contribution is 9.10. The number of hydrogen-bond donors (Lipinski definition) is 2. The summed E-state index contributed by atoms with van der Waals surface area (Å²) < 4.78 is 11.7. The maximum Gasteiger partial charge on any atom is 0.363 e. The number of nitrogens with one attached hydrogen (secondary N) is 2. The SMILES string of the molecule is CCOc1c(Br)cc(/C=N/Nc2nc(=O)[nH]nc2C(C)(C)C)cc1OC. The molecule has 9 heteroatoms. The Morgan fingerprint density at radius 2 is 2.12 bits per heavy atom. The van der Waals surface area contributed by atoms with Gasteiger partial charge >= 0.3 is 5.69 Å². The molecule has 0 fully saturated rings. The molecule has 0 saturated heterocycles. The van der Waals surface area contributed by atoms with Crippen LogP contribution < -0.4 is 20.6 Å². The van der Waals surface area contributed by atoms with Crippen LogP contribution in [0.3, 0.4) is 0 Å². The molecule has 0 amide bonds. The molecule has 0 saturated carbocycles. The predicted molar refractivity (Wildman–Crippen MR) is 104 cm³/mol. The Morgan fingerprint density at radius 3 is 2.73 bits per heavy atom. The third-order valence-electron chi connectivity index (χ3n) is 3.34. The number of benzene rings is 1. The zero-order valence-corrected chi connectivity index (χ0v) is 17.0. The molecule has 26 heavy (non-hydrogen) atoms. The first-order chi connectivity index (χ1) is 12.3. The monoisotopic (exact) mass is 423 g/mol. The minimum atomic E-state index is -0.541. The summed E-state index contributed by atoms with van der Waals surface area (Å²) in [4.78, 5) is 15.4. The van der Waals surface area contributed by atoms with Crippen molar-refractivity contribution in [2.75, 3.05) is 19.1 Å². The van der Waals surface area contributed by atoms with E-state index in [2.05, 4.69) is 41.6 Å². The van der Waals surface area contributed by atoms with Gasteiger partial charge < -0.3 is 9.47 Å². The minimum Gasteiger partial charge on any atom is -0.493 e. The van der Waals surface area contributed by atoms with E-state index < -0.39 is 5.69 Å². The van der Waals surface area contributed by atoms with Crippen LogP contribution >= 0.6 is 15.9 Å². The molecule has 0 radical (unpaired) electrons. The lowest BCUT2D eigenvalue weighted by Gasteiger charge is -2.18. The number of ether oxygens (including phenoxy) is 2. The van der Waals surface area contributed by atoms with Crippen LogP contribution in [-0.2, 0) is 5.41 Å². The van der Waals surface area contributed by atoms with Crippen LogP contribution in [0.1, 0.15) is 39.0 Å². The molecule has 0 aliphatic rings. The average Bonchev–Trinajstić information content (AvgIpc) is 2.56. The number of anilines is 1. The summed E-state index contributed by atoms with van der Waals surface area (Å²) in [6.45, 7) is 8.34. The van der Waals surface area contributed by atoms with Crippen LogP contribution in [0.4, 0.5) is 5.82 Å². The fraction of sp³-hybridized carbons (Fsp3) is 0.412. The van der Waals surface area contributed by atoms with Crippen molar-refractivity contribution in [2.24, 2.45) is 5.10 Å². The second-order valence-electron chi connectivity index (χ2n) is 6.42. The number of aromatic amines is 1. The molecule has 0 atom stereocenters. The maximum atomic E-state index is 11.5. The molecule has 8 nitrogen and oxygen atoms in total. The molecule has 0 unspecified atom stereocenters. The van der Waals surface area contributed by atoms with Crippen molar-refractivity contribution in [2.45, 2.75) is 33.1 Å². The summed E-state index contributed by atoms with van der Waals surface area (Å²) in [6, 6.07) is 3.65. The highest BCUT2D eigenvalue weighted by atomic mass is 79.9. The van der Waals surface area contributed by atoms with Gasteiger partial charge in [0.2, 0.25) is 0 Å². The Balaban J connectivity index is 2.28. The van der Waals surface area contributed by atoms with Gasteiger partial charge in [0.15, 0.2) is 17.3 Å². The van der Waals surface area contributed by atoms with Gasteiger partial charge in [-0.2, -0.15) is 15.2 Å². The van der Waals surface area contributed by atoms with Gasteiger partial charge in [-0.3, -0.25) is 5.43 Å². The van der Waals surface area contributed by atoms with Crippen molar-refractivity contribution in [3.63, 3.8) is 0 Å². The van der Waals surface area contributed by atoms with E-state index in [1.54, 1.807) is 19.4 Å². The molecule has 1 aromatic carbocycles. The molecule has 2 rings (SSSR count). The quantitative estimate of drug-likeness (QED) is 0.546. The molecular weight excluding hydrogens is 402 g/mol. The van der Waals surface area contributed by atoms with E-state index in [0.29, 0.717) is 29.6 Å². The highest BCUT2D eigenvalue weighted by Crippen LogP contribution is 2.36. The fourth-order valence-corrected chi connectivity index (χ4v) is 2.78. The van der Waals surface area contributed by atoms with Crippen molar-refractivity contribution in [3.05, 3.63) is 38.3 Å². The van der Waals surface area contributed by atoms with Crippen molar-refractivity contribution >= 4 is 28.0 Å². The molecule has 0 aliphatic heterocycles. The number of aromatic nitrogens is 3. The second-order valence-corrected chi connectivity index (χ2v) is 7.28. The van der Waals surface area contributed by atoms with E-state index in [0.717, 1.165) is 10.0 Å². The van der Waals surface area contributed by atoms with Gasteiger partial charge in [-0.05, 0) is 40.5 Å². The Kier molecular flexibility index (Phi) is 6.36. The highest BCUT2D eigenvalue weighted by Gasteiger charge is 2.21. The number of nitrogens with zero attached hydrogens (tertiary/aromatic N) is 3. The number of methoxy groups -OCH3 is 1. The van der Waals surface area contributed by atoms with Gasteiger partial charge in [0, 0.05) is 5.41 Å². The van der Waals surface area contributed by atoms with Gasteiger partial charge in [0.25, 0.3) is 0 Å². The molecule has 0 spiro atoms. The van der Waals surface area contributed by atoms with Gasteiger partial charge in [-0.1, -0.05) is 20.8 Å². The third-order valence-corrected chi connectivity index (χ3v) is 3.92. The summed E-state index contributed by atoms with van der Waals surface area (Å²) in [5.74, 6) is 1.54.